The van der Waals surface area contributed by atoms with Gasteiger partial charge in [0, 0.05) is 31.7 Å². The number of hydrogen-bond acceptors (Lipinski definition) is 3. The molecule has 0 unspecified atom stereocenters. The maximum atomic E-state index is 13.1. The van der Waals surface area contributed by atoms with Gasteiger partial charge in [0.05, 0.1) is 13.2 Å². The number of nitrogens with zero attached hydrogens (tertiary/aromatic N) is 1. The Hall–Kier alpha value is -0.970. The minimum atomic E-state index is -0.167. The standard InChI is InChI=1S/C16H25FN2O/c1-13-10-15(17)5-4-14(13)11-18-12-16(2,3)19-6-8-20-9-7-19/h4-5,10,18H,6-9,11-12H2,1-3H3. The molecular weight excluding hydrogens is 255 g/mol. The van der Waals surface area contributed by atoms with Gasteiger partial charge in [0.2, 0.25) is 0 Å². The van der Waals surface area contributed by atoms with Gasteiger partial charge in [0.25, 0.3) is 0 Å². The van der Waals surface area contributed by atoms with Gasteiger partial charge in [-0.15, -0.1) is 0 Å². The van der Waals surface area contributed by atoms with Crippen molar-refractivity contribution in [1.29, 1.82) is 0 Å². The number of hydrogen-bond donors (Lipinski definition) is 1. The van der Waals surface area contributed by atoms with Gasteiger partial charge in [0.1, 0.15) is 5.82 Å². The van der Waals surface area contributed by atoms with Crippen LogP contribution in [0.3, 0.4) is 0 Å². The van der Waals surface area contributed by atoms with Gasteiger partial charge in [-0.3, -0.25) is 4.90 Å². The van der Waals surface area contributed by atoms with Crippen LogP contribution < -0.4 is 5.32 Å². The third-order valence-corrected chi connectivity index (χ3v) is 4.04. The zero-order valence-corrected chi connectivity index (χ0v) is 12.7. The van der Waals surface area contributed by atoms with Crippen LogP contribution in [-0.4, -0.2) is 43.3 Å². The van der Waals surface area contributed by atoms with Gasteiger partial charge in [-0.2, -0.15) is 0 Å². The lowest BCUT2D eigenvalue weighted by Gasteiger charge is -2.41. The van der Waals surface area contributed by atoms with Crippen LogP contribution in [0.4, 0.5) is 4.39 Å². The summed E-state index contributed by atoms with van der Waals surface area (Å²) in [5.74, 6) is -0.167. The molecule has 112 valence electrons. The van der Waals surface area contributed by atoms with Crippen molar-refractivity contribution in [3.8, 4) is 0 Å². The smallest absolute Gasteiger partial charge is 0.123 e. The molecule has 1 aromatic carbocycles. The molecule has 0 radical (unpaired) electrons. The first kappa shape index (κ1) is 15.4. The number of benzene rings is 1. The van der Waals surface area contributed by atoms with Crippen molar-refractivity contribution < 1.29 is 9.13 Å². The van der Waals surface area contributed by atoms with Crippen LogP contribution in [-0.2, 0) is 11.3 Å². The van der Waals surface area contributed by atoms with E-state index < -0.39 is 0 Å². The van der Waals surface area contributed by atoms with Crippen LogP contribution in [0.1, 0.15) is 25.0 Å². The fraction of sp³-hybridized carbons (Fsp3) is 0.625. The Balaban J connectivity index is 1.85. The third kappa shape index (κ3) is 4.01. The fourth-order valence-corrected chi connectivity index (χ4v) is 2.64. The highest BCUT2D eigenvalue weighted by Gasteiger charge is 2.27. The lowest BCUT2D eigenvalue weighted by Crippen LogP contribution is -2.54. The second-order valence-corrected chi connectivity index (χ2v) is 6.09. The van der Waals surface area contributed by atoms with Crippen LogP contribution in [0, 0.1) is 12.7 Å². The van der Waals surface area contributed by atoms with Gasteiger partial charge in [-0.1, -0.05) is 6.07 Å². The largest absolute Gasteiger partial charge is 0.379 e. The number of nitrogens with one attached hydrogen (secondary N) is 1. The third-order valence-electron chi connectivity index (χ3n) is 4.04. The lowest BCUT2D eigenvalue weighted by molar-refractivity contribution is -0.00967. The van der Waals surface area contributed by atoms with E-state index in [4.69, 9.17) is 4.74 Å². The molecule has 1 aromatic rings. The molecule has 4 heteroatoms. The van der Waals surface area contributed by atoms with Crippen LogP contribution in [0.5, 0.6) is 0 Å². The molecule has 2 rings (SSSR count). The molecule has 0 saturated carbocycles. The van der Waals surface area contributed by atoms with E-state index in [1.807, 2.05) is 13.0 Å². The summed E-state index contributed by atoms with van der Waals surface area (Å²) in [7, 11) is 0. The molecule has 0 aromatic heterocycles. The Morgan fingerprint density at radius 1 is 1.30 bits per heavy atom. The van der Waals surface area contributed by atoms with Crippen LogP contribution in [0.15, 0.2) is 18.2 Å². The molecule has 0 amide bonds. The lowest BCUT2D eigenvalue weighted by atomic mass is 10.0. The van der Waals surface area contributed by atoms with E-state index in [1.54, 1.807) is 6.07 Å². The predicted octanol–water partition coefficient (Wildman–Crippen LogP) is 2.33. The van der Waals surface area contributed by atoms with Crippen molar-refractivity contribution >= 4 is 0 Å². The van der Waals surface area contributed by atoms with E-state index >= 15 is 0 Å². The van der Waals surface area contributed by atoms with Gasteiger partial charge in [-0.05, 0) is 44.0 Å². The Bertz CT molecular complexity index is 442. The first-order valence-corrected chi connectivity index (χ1v) is 7.27. The van der Waals surface area contributed by atoms with Crippen LogP contribution in [0.25, 0.3) is 0 Å². The average molecular weight is 280 g/mol. The molecule has 0 bridgehead atoms. The van der Waals surface area contributed by atoms with Gasteiger partial charge in [0.15, 0.2) is 0 Å². The maximum Gasteiger partial charge on any atom is 0.123 e. The van der Waals surface area contributed by atoms with Gasteiger partial charge in [-0.25, -0.2) is 4.39 Å². The Labute approximate surface area is 121 Å². The minimum Gasteiger partial charge on any atom is -0.379 e. The van der Waals surface area contributed by atoms with Crippen LogP contribution in [0.2, 0.25) is 0 Å². The summed E-state index contributed by atoms with van der Waals surface area (Å²) in [6.45, 7) is 11.8. The van der Waals surface area contributed by atoms with E-state index in [0.29, 0.717) is 0 Å². The van der Waals surface area contributed by atoms with Crippen molar-refractivity contribution in [3.63, 3.8) is 0 Å². The normalized spacial score (nSPS) is 17.4. The average Bonchev–Trinajstić information content (AvgIpc) is 2.42. The van der Waals surface area contributed by atoms with Gasteiger partial charge < -0.3 is 10.1 Å². The fourth-order valence-electron chi connectivity index (χ4n) is 2.64. The van der Waals surface area contributed by atoms with E-state index in [0.717, 1.165) is 50.5 Å². The minimum absolute atomic E-state index is 0.109. The Morgan fingerprint density at radius 2 is 2.00 bits per heavy atom. The number of halogens is 1. The summed E-state index contributed by atoms with van der Waals surface area (Å²) < 4.78 is 18.5. The summed E-state index contributed by atoms with van der Waals surface area (Å²) in [6.07, 6.45) is 0. The van der Waals surface area contributed by atoms with E-state index in [-0.39, 0.29) is 11.4 Å². The molecule has 0 atom stereocenters. The molecule has 1 N–H and O–H groups in total. The summed E-state index contributed by atoms with van der Waals surface area (Å²) in [5, 5.41) is 3.49. The van der Waals surface area contributed by atoms with Crippen molar-refractivity contribution in [3.05, 3.63) is 35.1 Å². The first-order valence-electron chi connectivity index (χ1n) is 7.27. The Morgan fingerprint density at radius 3 is 2.65 bits per heavy atom. The first-order chi connectivity index (χ1) is 9.49. The molecule has 0 spiro atoms. The van der Waals surface area contributed by atoms with Crippen LogP contribution >= 0.6 is 0 Å². The molecule has 20 heavy (non-hydrogen) atoms. The van der Waals surface area contributed by atoms with Gasteiger partial charge >= 0.3 is 0 Å². The zero-order valence-electron chi connectivity index (χ0n) is 12.7. The second-order valence-electron chi connectivity index (χ2n) is 6.09. The van der Waals surface area contributed by atoms with Crippen molar-refractivity contribution in [2.75, 3.05) is 32.8 Å². The molecular formula is C16H25FN2O. The molecule has 1 aliphatic rings. The maximum absolute atomic E-state index is 13.1. The molecule has 3 nitrogen and oxygen atoms in total. The quantitative estimate of drug-likeness (QED) is 0.896. The second kappa shape index (κ2) is 6.66. The molecule has 0 aliphatic carbocycles. The highest BCUT2D eigenvalue weighted by Crippen LogP contribution is 2.16. The van der Waals surface area contributed by atoms with E-state index in [2.05, 4.69) is 24.1 Å². The molecule has 1 heterocycles. The van der Waals surface area contributed by atoms with E-state index in [1.165, 1.54) is 6.07 Å². The summed E-state index contributed by atoms with van der Waals surface area (Å²) in [6, 6.07) is 4.97. The number of morpholine rings is 1. The molecule has 1 saturated heterocycles. The topological polar surface area (TPSA) is 24.5 Å². The SMILES string of the molecule is Cc1cc(F)ccc1CNCC(C)(C)N1CCOCC1. The van der Waals surface area contributed by atoms with Crippen molar-refractivity contribution in [1.82, 2.24) is 10.2 Å². The molecule has 1 fully saturated rings. The highest BCUT2D eigenvalue weighted by atomic mass is 19.1. The number of aryl methyl sites for hydroxylation is 1. The van der Waals surface area contributed by atoms with E-state index in [9.17, 15) is 4.39 Å². The Kier molecular flexibility index (Phi) is 5.13. The monoisotopic (exact) mass is 280 g/mol. The number of ether oxygens (including phenoxy) is 1. The van der Waals surface area contributed by atoms with Crippen molar-refractivity contribution in [2.24, 2.45) is 0 Å². The summed E-state index contributed by atoms with van der Waals surface area (Å²) in [5.41, 5.74) is 2.27. The molecule has 1 aliphatic heterocycles. The zero-order chi connectivity index (χ0) is 14.6. The predicted molar refractivity (Wildman–Crippen MR) is 79.3 cm³/mol. The number of rotatable bonds is 5. The highest BCUT2D eigenvalue weighted by molar-refractivity contribution is 5.26. The summed E-state index contributed by atoms with van der Waals surface area (Å²) >= 11 is 0. The summed E-state index contributed by atoms with van der Waals surface area (Å²) in [4.78, 5) is 2.46. The van der Waals surface area contributed by atoms with Crippen molar-refractivity contribution in [2.45, 2.75) is 32.9 Å².